The summed E-state index contributed by atoms with van der Waals surface area (Å²) in [6, 6.07) is 20.7. The molecule has 1 aromatic carbocycles. The number of pyridine rings is 1. The lowest BCUT2D eigenvalue weighted by Gasteiger charge is -2.28. The molecule has 2 atom stereocenters. The third kappa shape index (κ3) is 3.96. The van der Waals surface area contributed by atoms with Crippen LogP contribution in [0.2, 0.25) is 0 Å². The molecule has 1 aliphatic heterocycles. The molecule has 1 fully saturated rings. The number of nitrogens with zero attached hydrogens (tertiary/aromatic N) is 4. The maximum Gasteiger partial charge on any atom is 0.174 e. The van der Waals surface area contributed by atoms with Gasteiger partial charge in [-0.3, -0.25) is 4.98 Å². The summed E-state index contributed by atoms with van der Waals surface area (Å²) >= 11 is 5.89. The minimum Gasteiger partial charge on any atom is -0.467 e. The van der Waals surface area contributed by atoms with Crippen molar-refractivity contribution in [3.8, 4) is 0 Å². The Balaban J connectivity index is 1.61. The van der Waals surface area contributed by atoms with Crippen molar-refractivity contribution in [1.82, 2.24) is 14.9 Å². The smallest absolute Gasteiger partial charge is 0.174 e. The molecule has 0 amide bonds. The monoisotopic (exact) mass is 471 g/mol. The number of thiocarbonyl (C=S) groups is 1. The first-order valence-corrected chi connectivity index (χ1v) is 11.8. The molecule has 6 nitrogen and oxygen atoms in total. The van der Waals surface area contributed by atoms with Gasteiger partial charge in [0.2, 0.25) is 0 Å². The van der Waals surface area contributed by atoms with Gasteiger partial charge in [0.05, 0.1) is 30.6 Å². The molecular formula is C27H29N5OS. The average Bonchev–Trinajstić information content (AvgIpc) is 3.54. The normalized spacial score (nSPS) is 17.8. The predicted molar refractivity (Wildman–Crippen MR) is 140 cm³/mol. The highest BCUT2D eigenvalue weighted by Gasteiger charge is 2.42. The Kier molecular flexibility index (Phi) is 5.87. The van der Waals surface area contributed by atoms with Gasteiger partial charge in [0, 0.05) is 43.1 Å². The van der Waals surface area contributed by atoms with Gasteiger partial charge < -0.3 is 24.1 Å². The number of furan rings is 1. The molecule has 1 saturated heterocycles. The van der Waals surface area contributed by atoms with Crippen LogP contribution in [0.1, 0.15) is 40.5 Å². The summed E-state index contributed by atoms with van der Waals surface area (Å²) in [6.45, 7) is 5.02. The molecule has 1 N–H and O–H groups in total. The average molecular weight is 472 g/mol. The van der Waals surface area contributed by atoms with E-state index in [1.165, 1.54) is 17.0 Å². The summed E-state index contributed by atoms with van der Waals surface area (Å²) in [5.74, 6) is 0.936. The van der Waals surface area contributed by atoms with Gasteiger partial charge in [0.25, 0.3) is 0 Å². The lowest BCUT2D eigenvalue weighted by molar-refractivity contribution is 0.488. The van der Waals surface area contributed by atoms with E-state index in [2.05, 4.69) is 74.9 Å². The third-order valence-corrected chi connectivity index (χ3v) is 6.88. The highest BCUT2D eigenvalue weighted by molar-refractivity contribution is 7.80. The molecule has 1 aliphatic rings. The number of nitrogens with one attached hydrogen (secondary N) is 1. The van der Waals surface area contributed by atoms with E-state index < -0.39 is 0 Å². The van der Waals surface area contributed by atoms with E-state index in [0.717, 1.165) is 22.8 Å². The fourth-order valence-corrected chi connectivity index (χ4v) is 5.14. The number of hydrogen-bond donors (Lipinski definition) is 1. The second-order valence-corrected chi connectivity index (χ2v) is 9.29. The zero-order valence-corrected chi connectivity index (χ0v) is 20.7. The largest absolute Gasteiger partial charge is 0.467 e. The summed E-state index contributed by atoms with van der Waals surface area (Å²) in [7, 11) is 4.09. The van der Waals surface area contributed by atoms with Gasteiger partial charge in [0.15, 0.2) is 5.11 Å². The maximum atomic E-state index is 5.89. The minimum absolute atomic E-state index is 0.0378. The van der Waals surface area contributed by atoms with Crippen molar-refractivity contribution in [1.29, 1.82) is 0 Å². The third-order valence-electron chi connectivity index (χ3n) is 6.57. The van der Waals surface area contributed by atoms with Crippen LogP contribution in [0.5, 0.6) is 0 Å². The molecule has 3 aromatic heterocycles. The first-order valence-electron chi connectivity index (χ1n) is 11.4. The molecule has 34 heavy (non-hydrogen) atoms. The van der Waals surface area contributed by atoms with Crippen molar-refractivity contribution < 1.29 is 4.42 Å². The van der Waals surface area contributed by atoms with Crippen molar-refractivity contribution in [3.63, 3.8) is 0 Å². The number of aromatic nitrogens is 2. The quantitative estimate of drug-likeness (QED) is 0.381. The molecule has 0 bridgehead atoms. The fraction of sp³-hybridized carbons (Fsp3) is 0.259. The molecule has 0 spiro atoms. The number of rotatable bonds is 6. The summed E-state index contributed by atoms with van der Waals surface area (Å²) in [6.07, 6.45) is 3.56. The molecule has 4 heterocycles. The molecule has 0 aliphatic carbocycles. The number of benzene rings is 1. The van der Waals surface area contributed by atoms with Crippen LogP contribution in [0, 0.1) is 13.8 Å². The van der Waals surface area contributed by atoms with Crippen LogP contribution in [0.15, 0.2) is 77.5 Å². The van der Waals surface area contributed by atoms with Gasteiger partial charge in [-0.05, 0) is 86.2 Å². The van der Waals surface area contributed by atoms with Crippen molar-refractivity contribution in [3.05, 3.63) is 102 Å². The van der Waals surface area contributed by atoms with E-state index in [0.29, 0.717) is 11.7 Å². The molecule has 174 valence electrons. The van der Waals surface area contributed by atoms with Gasteiger partial charge in [0.1, 0.15) is 5.76 Å². The standard InChI is InChI=1S/C27H29N5OS/c1-18-16-23(19(2)31(18)17-22-8-7-15-33-22)26-25(24-9-5-6-14-28-24)29-27(34)32(26)21-12-10-20(11-13-21)30(3)4/h5-16,25-26H,17H2,1-4H3,(H,29,34)/t25-,26-/m0/s1. The van der Waals surface area contributed by atoms with Crippen LogP contribution in [0.4, 0.5) is 11.4 Å². The summed E-state index contributed by atoms with van der Waals surface area (Å²) in [5.41, 5.74) is 6.78. The maximum absolute atomic E-state index is 5.89. The van der Waals surface area contributed by atoms with Gasteiger partial charge in [-0.15, -0.1) is 0 Å². The van der Waals surface area contributed by atoms with E-state index in [-0.39, 0.29) is 12.1 Å². The number of aryl methyl sites for hydroxylation is 1. The van der Waals surface area contributed by atoms with Crippen molar-refractivity contribution in [2.45, 2.75) is 32.5 Å². The topological polar surface area (TPSA) is 49.5 Å². The fourth-order valence-electron chi connectivity index (χ4n) is 4.79. The Morgan fingerprint density at radius 2 is 1.85 bits per heavy atom. The summed E-state index contributed by atoms with van der Waals surface area (Å²) < 4.78 is 7.94. The minimum atomic E-state index is -0.0696. The Morgan fingerprint density at radius 1 is 1.06 bits per heavy atom. The lowest BCUT2D eigenvalue weighted by atomic mass is 9.96. The van der Waals surface area contributed by atoms with Gasteiger partial charge in [-0.25, -0.2) is 0 Å². The first kappa shape index (κ1) is 22.2. The van der Waals surface area contributed by atoms with Crippen LogP contribution < -0.4 is 15.1 Å². The van der Waals surface area contributed by atoms with Crippen LogP contribution in [0.3, 0.4) is 0 Å². The second kappa shape index (κ2) is 8.99. The molecule has 0 saturated carbocycles. The van der Waals surface area contributed by atoms with Gasteiger partial charge in [-0.1, -0.05) is 6.07 Å². The molecule has 7 heteroatoms. The second-order valence-electron chi connectivity index (χ2n) is 8.90. The van der Waals surface area contributed by atoms with E-state index in [1.54, 1.807) is 6.26 Å². The van der Waals surface area contributed by atoms with Gasteiger partial charge in [-0.2, -0.15) is 0 Å². The van der Waals surface area contributed by atoms with E-state index in [9.17, 15) is 0 Å². The molecule has 4 aromatic rings. The SMILES string of the molecule is Cc1cc([C@H]2[C@H](c3ccccn3)NC(=S)N2c2ccc(N(C)C)cc2)c(C)n1Cc1ccco1. The Morgan fingerprint density at radius 3 is 2.50 bits per heavy atom. The first-order chi connectivity index (χ1) is 16.4. The highest BCUT2D eigenvalue weighted by Crippen LogP contribution is 2.43. The van der Waals surface area contributed by atoms with Crippen LogP contribution >= 0.6 is 12.2 Å². The van der Waals surface area contributed by atoms with Crippen molar-refractivity contribution in [2.24, 2.45) is 0 Å². The Bertz CT molecular complexity index is 1280. The van der Waals surface area contributed by atoms with Crippen molar-refractivity contribution >= 4 is 28.7 Å². The Labute approximate surface area is 205 Å². The number of anilines is 2. The molecular weight excluding hydrogens is 442 g/mol. The predicted octanol–water partition coefficient (Wildman–Crippen LogP) is 5.38. The molecule has 0 unspecified atom stereocenters. The van der Waals surface area contributed by atoms with Crippen LogP contribution in [-0.4, -0.2) is 28.8 Å². The molecule has 0 radical (unpaired) electrons. The van der Waals surface area contributed by atoms with Crippen LogP contribution in [0.25, 0.3) is 0 Å². The Hall–Kier alpha value is -3.58. The van der Waals surface area contributed by atoms with Crippen LogP contribution in [-0.2, 0) is 6.54 Å². The highest BCUT2D eigenvalue weighted by atomic mass is 32.1. The summed E-state index contributed by atoms with van der Waals surface area (Å²) in [4.78, 5) is 9.01. The molecule has 5 rings (SSSR count). The van der Waals surface area contributed by atoms with E-state index >= 15 is 0 Å². The van der Waals surface area contributed by atoms with E-state index in [4.69, 9.17) is 16.6 Å². The van der Waals surface area contributed by atoms with Gasteiger partial charge >= 0.3 is 0 Å². The van der Waals surface area contributed by atoms with E-state index in [1.807, 2.05) is 44.6 Å². The van der Waals surface area contributed by atoms with Crippen molar-refractivity contribution in [2.75, 3.05) is 23.9 Å². The summed E-state index contributed by atoms with van der Waals surface area (Å²) in [5, 5.41) is 4.27. The number of hydrogen-bond acceptors (Lipinski definition) is 4. The zero-order chi connectivity index (χ0) is 23.8. The zero-order valence-electron chi connectivity index (χ0n) is 19.9. The lowest BCUT2D eigenvalue weighted by Crippen LogP contribution is -2.29.